The minimum absolute atomic E-state index is 0.0283. The fourth-order valence-corrected chi connectivity index (χ4v) is 3.88. The highest BCUT2D eigenvalue weighted by Crippen LogP contribution is 2.18. The van der Waals surface area contributed by atoms with Crippen LogP contribution >= 0.6 is 0 Å². The molecule has 2 aliphatic heterocycles. The number of amides is 1. The summed E-state index contributed by atoms with van der Waals surface area (Å²) in [7, 11) is 0. The summed E-state index contributed by atoms with van der Waals surface area (Å²) in [6.45, 7) is 6.57. The summed E-state index contributed by atoms with van der Waals surface area (Å²) in [6.07, 6.45) is 1.13. The molecule has 0 aliphatic carbocycles. The van der Waals surface area contributed by atoms with E-state index >= 15 is 0 Å². The first-order valence-corrected chi connectivity index (χ1v) is 10.4. The number of nitrogens with zero attached hydrogens (tertiary/aromatic N) is 2. The van der Waals surface area contributed by atoms with Gasteiger partial charge in [0.15, 0.2) is 0 Å². The van der Waals surface area contributed by atoms with Crippen molar-refractivity contribution in [1.82, 2.24) is 9.80 Å². The van der Waals surface area contributed by atoms with Gasteiger partial charge in [0.1, 0.15) is 12.4 Å². The second kappa shape index (κ2) is 9.87. The monoisotopic (exact) mass is 395 g/mol. The molecule has 29 heavy (non-hydrogen) atoms. The number of hydrogen-bond acceptors (Lipinski definition) is 5. The van der Waals surface area contributed by atoms with Crippen LogP contribution in [0.4, 0.5) is 5.69 Å². The summed E-state index contributed by atoms with van der Waals surface area (Å²) in [6, 6.07) is 18.2. The van der Waals surface area contributed by atoms with Crippen molar-refractivity contribution in [2.45, 2.75) is 19.1 Å². The lowest BCUT2D eigenvalue weighted by atomic mass is 10.2. The quantitative estimate of drug-likeness (QED) is 0.781. The number of ether oxygens (including phenoxy) is 2. The number of carbonyl (C=O) groups excluding carboxylic acids is 1. The van der Waals surface area contributed by atoms with E-state index in [2.05, 4.69) is 15.1 Å². The van der Waals surface area contributed by atoms with Gasteiger partial charge < -0.3 is 14.8 Å². The van der Waals surface area contributed by atoms with Crippen LogP contribution in [0.25, 0.3) is 0 Å². The van der Waals surface area contributed by atoms with Crippen LogP contribution in [0.1, 0.15) is 12.0 Å². The number of rotatable bonds is 7. The molecule has 0 unspecified atom stereocenters. The number of piperazine rings is 1. The third-order valence-electron chi connectivity index (χ3n) is 5.58. The van der Waals surface area contributed by atoms with Gasteiger partial charge in [-0.3, -0.25) is 14.6 Å². The van der Waals surface area contributed by atoms with Crippen LogP contribution in [0.15, 0.2) is 54.6 Å². The number of hydrogen-bond donors (Lipinski definition) is 1. The van der Waals surface area contributed by atoms with Gasteiger partial charge >= 0.3 is 0 Å². The molecular weight excluding hydrogens is 366 g/mol. The zero-order valence-corrected chi connectivity index (χ0v) is 16.8. The summed E-state index contributed by atoms with van der Waals surface area (Å²) in [5, 5.41) is 2.99. The summed E-state index contributed by atoms with van der Waals surface area (Å²) >= 11 is 0. The molecular formula is C23H29N3O3. The first-order chi connectivity index (χ1) is 14.3. The van der Waals surface area contributed by atoms with Gasteiger partial charge in [0.05, 0.1) is 13.2 Å². The number of carbonyl (C=O) groups is 1. The molecule has 0 bridgehead atoms. The van der Waals surface area contributed by atoms with Crippen molar-refractivity contribution in [2.24, 2.45) is 0 Å². The van der Waals surface area contributed by atoms with Crippen molar-refractivity contribution < 1.29 is 14.3 Å². The molecule has 6 heteroatoms. The van der Waals surface area contributed by atoms with E-state index in [1.165, 1.54) is 0 Å². The lowest BCUT2D eigenvalue weighted by Crippen LogP contribution is -2.52. The van der Waals surface area contributed by atoms with Crippen LogP contribution in [0.3, 0.4) is 0 Å². The van der Waals surface area contributed by atoms with E-state index in [9.17, 15) is 4.79 Å². The topological polar surface area (TPSA) is 54.0 Å². The SMILES string of the molecule is O=C(CN1CCN([C@@H]2CCOC2)CC1)Nc1ccc(OCc2ccccc2)cc1. The standard InChI is InChI=1S/C23H29N3O3/c27-23(16-25-11-13-26(14-12-25)21-10-15-28-18-21)24-20-6-8-22(9-7-20)29-17-19-4-2-1-3-5-19/h1-9,21H,10-18H2,(H,24,27)/t21-/m1/s1. The molecule has 2 heterocycles. The molecule has 0 aromatic heterocycles. The fourth-order valence-electron chi connectivity index (χ4n) is 3.88. The molecule has 1 N–H and O–H groups in total. The maximum atomic E-state index is 12.4. The van der Waals surface area contributed by atoms with E-state index in [0.717, 1.165) is 62.8 Å². The zero-order valence-electron chi connectivity index (χ0n) is 16.8. The van der Waals surface area contributed by atoms with E-state index < -0.39 is 0 Å². The largest absolute Gasteiger partial charge is 0.489 e. The fraction of sp³-hybridized carbons (Fsp3) is 0.435. The Bertz CT molecular complexity index is 768. The molecule has 0 saturated carbocycles. The minimum Gasteiger partial charge on any atom is -0.489 e. The third-order valence-corrected chi connectivity index (χ3v) is 5.58. The van der Waals surface area contributed by atoms with Crippen molar-refractivity contribution >= 4 is 11.6 Å². The van der Waals surface area contributed by atoms with Crippen molar-refractivity contribution in [3.05, 3.63) is 60.2 Å². The second-order valence-electron chi connectivity index (χ2n) is 7.68. The van der Waals surface area contributed by atoms with Crippen molar-refractivity contribution in [1.29, 1.82) is 0 Å². The highest BCUT2D eigenvalue weighted by atomic mass is 16.5. The molecule has 2 fully saturated rings. The normalized spacial score (nSPS) is 20.5. The molecule has 1 atom stereocenters. The number of nitrogens with one attached hydrogen (secondary N) is 1. The van der Waals surface area contributed by atoms with Gasteiger partial charge in [-0.15, -0.1) is 0 Å². The molecule has 2 aromatic rings. The Kier molecular flexibility index (Phi) is 6.77. The lowest BCUT2D eigenvalue weighted by molar-refractivity contribution is -0.117. The maximum Gasteiger partial charge on any atom is 0.238 e. The van der Waals surface area contributed by atoms with E-state index in [-0.39, 0.29) is 5.91 Å². The molecule has 4 rings (SSSR count). The Hall–Kier alpha value is -2.41. The van der Waals surface area contributed by atoms with Crippen LogP contribution in [0.5, 0.6) is 5.75 Å². The maximum absolute atomic E-state index is 12.4. The molecule has 154 valence electrons. The van der Waals surface area contributed by atoms with Crippen molar-refractivity contribution in [3.63, 3.8) is 0 Å². The molecule has 0 radical (unpaired) electrons. The van der Waals surface area contributed by atoms with E-state index in [0.29, 0.717) is 19.2 Å². The summed E-state index contributed by atoms with van der Waals surface area (Å²) in [4.78, 5) is 17.1. The molecule has 2 aliphatic rings. The van der Waals surface area contributed by atoms with Crippen LogP contribution in [0, 0.1) is 0 Å². The molecule has 2 aromatic carbocycles. The molecule has 2 saturated heterocycles. The Balaban J connectivity index is 1.18. The van der Waals surface area contributed by atoms with Crippen LogP contribution < -0.4 is 10.1 Å². The zero-order chi connectivity index (χ0) is 19.9. The Morgan fingerprint density at radius 2 is 1.79 bits per heavy atom. The van der Waals surface area contributed by atoms with Crippen molar-refractivity contribution in [3.8, 4) is 5.75 Å². The molecule has 1 amide bonds. The van der Waals surface area contributed by atoms with E-state index in [4.69, 9.17) is 9.47 Å². The summed E-state index contributed by atoms with van der Waals surface area (Å²) < 4.78 is 11.3. The first kappa shape index (κ1) is 19.9. The predicted octanol–water partition coefficient (Wildman–Crippen LogP) is 2.61. The van der Waals surface area contributed by atoms with Crippen LogP contribution in [-0.4, -0.2) is 67.7 Å². The minimum atomic E-state index is 0.0283. The molecule has 0 spiro atoms. The predicted molar refractivity (Wildman–Crippen MR) is 113 cm³/mol. The second-order valence-corrected chi connectivity index (χ2v) is 7.68. The van der Waals surface area contributed by atoms with Gasteiger partial charge in [0.25, 0.3) is 0 Å². The van der Waals surface area contributed by atoms with Crippen LogP contribution in [-0.2, 0) is 16.1 Å². The van der Waals surface area contributed by atoms with Gasteiger partial charge in [0, 0.05) is 44.5 Å². The van der Waals surface area contributed by atoms with E-state index in [1.54, 1.807) is 0 Å². The Morgan fingerprint density at radius 3 is 2.48 bits per heavy atom. The van der Waals surface area contributed by atoms with Crippen molar-refractivity contribution in [2.75, 3.05) is 51.3 Å². The average Bonchev–Trinajstić information content (AvgIpc) is 3.29. The lowest BCUT2D eigenvalue weighted by Gasteiger charge is -2.37. The highest BCUT2D eigenvalue weighted by molar-refractivity contribution is 5.92. The Labute approximate surface area is 172 Å². The van der Waals surface area contributed by atoms with Gasteiger partial charge in [-0.2, -0.15) is 0 Å². The average molecular weight is 396 g/mol. The summed E-state index contributed by atoms with van der Waals surface area (Å²) in [5.74, 6) is 0.819. The van der Waals surface area contributed by atoms with E-state index in [1.807, 2.05) is 54.6 Å². The molecule has 6 nitrogen and oxygen atoms in total. The number of anilines is 1. The van der Waals surface area contributed by atoms with Gasteiger partial charge in [-0.25, -0.2) is 0 Å². The smallest absolute Gasteiger partial charge is 0.238 e. The van der Waals surface area contributed by atoms with Crippen LogP contribution in [0.2, 0.25) is 0 Å². The highest BCUT2D eigenvalue weighted by Gasteiger charge is 2.27. The first-order valence-electron chi connectivity index (χ1n) is 10.4. The van der Waals surface area contributed by atoms with Gasteiger partial charge in [0.2, 0.25) is 5.91 Å². The third kappa shape index (κ3) is 5.79. The number of benzene rings is 2. The van der Waals surface area contributed by atoms with Gasteiger partial charge in [-0.05, 0) is 36.2 Å². The summed E-state index contributed by atoms with van der Waals surface area (Å²) in [5.41, 5.74) is 1.93. The van der Waals surface area contributed by atoms with Gasteiger partial charge in [-0.1, -0.05) is 30.3 Å². The Morgan fingerprint density at radius 1 is 1.03 bits per heavy atom.